The smallest absolute Gasteiger partial charge is 0.123 e. The third-order valence-electron chi connectivity index (χ3n) is 5.63. The molecule has 0 heterocycles. The van der Waals surface area contributed by atoms with Crippen LogP contribution in [0.15, 0.2) is 54.6 Å². The summed E-state index contributed by atoms with van der Waals surface area (Å²) in [6, 6.07) is 19.7. The van der Waals surface area contributed by atoms with Gasteiger partial charge < -0.3 is 4.74 Å². The molecule has 2 aromatic rings. The average Bonchev–Trinajstić information content (AvgIpc) is 2.73. The second-order valence-corrected chi connectivity index (χ2v) is 7.27. The minimum absolute atomic E-state index is 0.218. The van der Waals surface area contributed by atoms with E-state index in [4.69, 9.17) is 4.74 Å². The number of nitrogens with one attached hydrogen (secondary N) is 2. The van der Waals surface area contributed by atoms with Crippen molar-refractivity contribution in [2.45, 2.75) is 63.7 Å². The second kappa shape index (κ2) is 9.20. The monoisotopic (exact) mass is 352 g/mol. The minimum Gasteiger partial charge on any atom is -0.496 e. The van der Waals surface area contributed by atoms with E-state index < -0.39 is 0 Å². The molecule has 3 rings (SSSR count). The molecule has 1 aliphatic carbocycles. The van der Waals surface area contributed by atoms with Gasteiger partial charge in [-0.25, -0.2) is 0 Å². The predicted octanol–water partition coefficient (Wildman–Crippen LogP) is 4.97. The van der Waals surface area contributed by atoms with Gasteiger partial charge in [-0.05, 0) is 30.9 Å². The maximum atomic E-state index is 5.54. The van der Waals surface area contributed by atoms with Gasteiger partial charge in [-0.3, -0.25) is 10.6 Å². The zero-order valence-electron chi connectivity index (χ0n) is 16.1. The fourth-order valence-corrected chi connectivity index (χ4v) is 4.08. The second-order valence-electron chi connectivity index (χ2n) is 7.27. The Morgan fingerprint density at radius 1 is 0.962 bits per heavy atom. The molecule has 2 N–H and O–H groups in total. The minimum atomic E-state index is -0.218. The highest BCUT2D eigenvalue weighted by molar-refractivity contribution is 5.33. The topological polar surface area (TPSA) is 33.3 Å². The molecule has 1 fully saturated rings. The normalized spacial score (nSPS) is 17.6. The largest absolute Gasteiger partial charge is 0.496 e. The lowest BCUT2D eigenvalue weighted by Crippen LogP contribution is -2.57. The molecule has 3 heteroatoms. The summed E-state index contributed by atoms with van der Waals surface area (Å²) in [5.41, 5.74) is 2.28. The van der Waals surface area contributed by atoms with Crippen LogP contribution >= 0.6 is 0 Å². The Morgan fingerprint density at radius 2 is 1.65 bits per heavy atom. The van der Waals surface area contributed by atoms with Crippen molar-refractivity contribution in [1.82, 2.24) is 10.6 Å². The Labute approximate surface area is 158 Å². The molecule has 1 saturated carbocycles. The van der Waals surface area contributed by atoms with Crippen molar-refractivity contribution >= 4 is 0 Å². The number of methoxy groups -OCH3 is 1. The van der Waals surface area contributed by atoms with E-state index in [0.29, 0.717) is 6.04 Å². The maximum absolute atomic E-state index is 5.54. The van der Waals surface area contributed by atoms with Gasteiger partial charge in [-0.15, -0.1) is 0 Å². The van der Waals surface area contributed by atoms with Crippen LogP contribution in [0, 0.1) is 0 Å². The molecule has 0 amide bonds. The summed E-state index contributed by atoms with van der Waals surface area (Å²) in [6.07, 6.45) is 7.56. The number of hydrogen-bond acceptors (Lipinski definition) is 3. The van der Waals surface area contributed by atoms with Gasteiger partial charge in [0.05, 0.1) is 12.8 Å². The number of ether oxygens (including phenoxy) is 1. The summed E-state index contributed by atoms with van der Waals surface area (Å²) in [5.74, 6) is 0.940. The molecule has 0 spiro atoms. The SMILES string of the molecule is CC[C@](NCc1ccccc1OC)(NC1CCCCC1)c1ccccc1. The molecule has 140 valence electrons. The summed E-state index contributed by atoms with van der Waals surface area (Å²) in [6.45, 7) is 3.03. The van der Waals surface area contributed by atoms with E-state index in [1.165, 1.54) is 43.2 Å². The highest BCUT2D eigenvalue weighted by Crippen LogP contribution is 2.28. The Hall–Kier alpha value is -1.84. The number of rotatable bonds is 8. The zero-order valence-corrected chi connectivity index (χ0v) is 16.1. The fraction of sp³-hybridized carbons (Fsp3) is 0.478. The summed E-state index contributed by atoms with van der Waals surface area (Å²) in [4.78, 5) is 0. The van der Waals surface area contributed by atoms with Gasteiger partial charge in [-0.1, -0.05) is 74.7 Å². The fourth-order valence-electron chi connectivity index (χ4n) is 4.08. The molecular formula is C23H32N2O. The zero-order chi connectivity index (χ0) is 18.2. The first-order valence-corrected chi connectivity index (χ1v) is 9.97. The van der Waals surface area contributed by atoms with Crippen LogP contribution in [-0.2, 0) is 12.2 Å². The van der Waals surface area contributed by atoms with E-state index in [9.17, 15) is 0 Å². The quantitative estimate of drug-likeness (QED) is 0.658. The Morgan fingerprint density at radius 3 is 2.35 bits per heavy atom. The van der Waals surface area contributed by atoms with Crippen molar-refractivity contribution < 1.29 is 4.74 Å². The molecule has 2 aromatic carbocycles. The third-order valence-corrected chi connectivity index (χ3v) is 5.63. The number of para-hydroxylation sites is 1. The highest BCUT2D eigenvalue weighted by atomic mass is 16.5. The Bertz CT molecular complexity index is 667. The number of benzene rings is 2. The molecule has 26 heavy (non-hydrogen) atoms. The Balaban J connectivity index is 1.84. The van der Waals surface area contributed by atoms with E-state index in [2.05, 4.69) is 60.0 Å². The first-order chi connectivity index (χ1) is 12.8. The van der Waals surface area contributed by atoms with Crippen molar-refractivity contribution in [3.63, 3.8) is 0 Å². The molecule has 3 nitrogen and oxygen atoms in total. The lowest BCUT2D eigenvalue weighted by atomic mass is 9.90. The van der Waals surface area contributed by atoms with E-state index in [0.717, 1.165) is 18.7 Å². The maximum Gasteiger partial charge on any atom is 0.123 e. The third kappa shape index (κ3) is 4.46. The highest BCUT2D eigenvalue weighted by Gasteiger charge is 2.32. The van der Waals surface area contributed by atoms with Crippen molar-refractivity contribution in [2.75, 3.05) is 7.11 Å². The van der Waals surface area contributed by atoms with Crippen LogP contribution in [0.1, 0.15) is 56.6 Å². The van der Waals surface area contributed by atoms with Gasteiger partial charge in [0, 0.05) is 18.2 Å². The number of hydrogen-bond donors (Lipinski definition) is 2. The van der Waals surface area contributed by atoms with Crippen LogP contribution < -0.4 is 15.4 Å². The van der Waals surface area contributed by atoms with Crippen LogP contribution in [0.2, 0.25) is 0 Å². The van der Waals surface area contributed by atoms with Gasteiger partial charge >= 0.3 is 0 Å². The molecule has 1 aliphatic rings. The summed E-state index contributed by atoms with van der Waals surface area (Å²) in [5, 5.41) is 7.84. The van der Waals surface area contributed by atoms with E-state index >= 15 is 0 Å². The lowest BCUT2D eigenvalue weighted by Gasteiger charge is -2.40. The van der Waals surface area contributed by atoms with E-state index in [1.54, 1.807) is 7.11 Å². The van der Waals surface area contributed by atoms with Crippen LogP contribution in [0.4, 0.5) is 0 Å². The first-order valence-electron chi connectivity index (χ1n) is 9.97. The van der Waals surface area contributed by atoms with Crippen LogP contribution in [0.5, 0.6) is 5.75 Å². The van der Waals surface area contributed by atoms with Crippen LogP contribution in [-0.4, -0.2) is 13.2 Å². The first kappa shape index (κ1) is 18.9. The molecule has 0 bridgehead atoms. The van der Waals surface area contributed by atoms with Gasteiger partial charge in [0.15, 0.2) is 0 Å². The standard InChI is InChI=1S/C23H32N2O/c1-3-23(20-13-6-4-7-14-20,25-21-15-8-5-9-16-21)24-18-19-12-10-11-17-22(19)26-2/h4,6-7,10-14,17,21,24-25H,3,5,8-9,15-16,18H2,1-2H3/t23-/m0/s1. The van der Waals surface area contributed by atoms with Crippen molar-refractivity contribution in [1.29, 1.82) is 0 Å². The van der Waals surface area contributed by atoms with Gasteiger partial charge in [0.2, 0.25) is 0 Å². The van der Waals surface area contributed by atoms with Crippen molar-refractivity contribution in [3.8, 4) is 5.75 Å². The van der Waals surface area contributed by atoms with Crippen molar-refractivity contribution in [2.24, 2.45) is 0 Å². The van der Waals surface area contributed by atoms with Gasteiger partial charge in [-0.2, -0.15) is 0 Å². The molecule has 0 radical (unpaired) electrons. The Kier molecular flexibility index (Phi) is 6.70. The van der Waals surface area contributed by atoms with Crippen LogP contribution in [0.25, 0.3) is 0 Å². The van der Waals surface area contributed by atoms with Crippen molar-refractivity contribution in [3.05, 3.63) is 65.7 Å². The summed E-state index contributed by atoms with van der Waals surface area (Å²) >= 11 is 0. The summed E-state index contributed by atoms with van der Waals surface area (Å²) in [7, 11) is 1.74. The summed E-state index contributed by atoms with van der Waals surface area (Å²) < 4.78 is 5.54. The van der Waals surface area contributed by atoms with Crippen LogP contribution in [0.3, 0.4) is 0 Å². The lowest BCUT2D eigenvalue weighted by molar-refractivity contribution is 0.192. The molecular weight excluding hydrogens is 320 g/mol. The molecule has 1 atom stereocenters. The predicted molar refractivity (Wildman–Crippen MR) is 108 cm³/mol. The molecule has 0 unspecified atom stereocenters. The average molecular weight is 353 g/mol. The molecule has 0 aromatic heterocycles. The van der Waals surface area contributed by atoms with Gasteiger partial charge in [0.1, 0.15) is 5.75 Å². The molecule has 0 saturated heterocycles. The van der Waals surface area contributed by atoms with Gasteiger partial charge in [0.25, 0.3) is 0 Å². The van der Waals surface area contributed by atoms with E-state index in [1.807, 2.05) is 12.1 Å². The van der Waals surface area contributed by atoms with E-state index in [-0.39, 0.29) is 5.66 Å². The molecule has 0 aliphatic heterocycles.